The van der Waals surface area contributed by atoms with Crippen LogP contribution >= 0.6 is 0 Å². The van der Waals surface area contributed by atoms with Gasteiger partial charge in [0.25, 0.3) is 11.7 Å². The van der Waals surface area contributed by atoms with Crippen LogP contribution in [-0.4, -0.2) is 54.8 Å². The largest absolute Gasteiger partial charge is 0.497 e. The van der Waals surface area contributed by atoms with Crippen molar-refractivity contribution in [2.24, 2.45) is 5.41 Å². The van der Waals surface area contributed by atoms with Gasteiger partial charge in [-0.25, -0.2) is 4.39 Å². The Hall–Kier alpha value is -2.67. The SMILES string of the molecule is COc1ccc(F)c(CN2CCCC3(CCN(C(=O)C(=O)c4ccco4)C3)C2)c1. The Bertz CT molecular complexity index is 898. The molecular weight excluding hydrogens is 375 g/mol. The second kappa shape index (κ2) is 7.99. The standard InChI is InChI=1S/C22H25FN2O4/c1-28-17-5-6-18(23)16(12-17)13-24-9-3-7-22(14-24)8-10-25(15-22)21(27)20(26)19-4-2-11-29-19/h2,4-6,11-12H,3,7-10,13-15H2,1H3. The molecule has 4 rings (SSSR count). The predicted octanol–water partition coefficient (Wildman–Crippen LogP) is 3.12. The molecule has 2 saturated heterocycles. The molecule has 2 aromatic rings. The lowest BCUT2D eigenvalue weighted by Crippen LogP contribution is -2.45. The molecule has 3 heterocycles. The molecule has 0 bridgehead atoms. The third kappa shape index (κ3) is 4.05. The van der Waals surface area contributed by atoms with E-state index in [1.165, 1.54) is 18.4 Å². The number of Topliss-reactive ketones (excluding diaryl/α,β-unsaturated/α-hetero) is 1. The van der Waals surface area contributed by atoms with E-state index in [2.05, 4.69) is 4.90 Å². The lowest BCUT2D eigenvalue weighted by atomic mass is 9.79. The summed E-state index contributed by atoms with van der Waals surface area (Å²) >= 11 is 0. The van der Waals surface area contributed by atoms with E-state index in [-0.39, 0.29) is 17.0 Å². The number of halogens is 1. The third-order valence-corrected chi connectivity index (χ3v) is 6.05. The zero-order chi connectivity index (χ0) is 20.4. The molecule has 0 radical (unpaired) electrons. The van der Waals surface area contributed by atoms with Gasteiger partial charge >= 0.3 is 0 Å². The highest BCUT2D eigenvalue weighted by atomic mass is 19.1. The second-order valence-corrected chi connectivity index (χ2v) is 8.05. The van der Waals surface area contributed by atoms with Crippen LogP contribution in [0.1, 0.15) is 35.4 Å². The smallest absolute Gasteiger partial charge is 0.298 e. The van der Waals surface area contributed by atoms with Crippen LogP contribution in [0.5, 0.6) is 5.75 Å². The number of piperidine rings is 1. The Kier molecular flexibility index (Phi) is 5.41. The third-order valence-electron chi connectivity index (χ3n) is 6.05. The molecule has 0 N–H and O–H groups in total. The maximum Gasteiger partial charge on any atom is 0.298 e. The number of likely N-dealkylation sites (tertiary alicyclic amines) is 2. The molecule has 2 aliphatic heterocycles. The average molecular weight is 400 g/mol. The number of nitrogens with zero attached hydrogens (tertiary/aromatic N) is 2. The van der Waals surface area contributed by atoms with Gasteiger partial charge in [0.2, 0.25) is 0 Å². The summed E-state index contributed by atoms with van der Waals surface area (Å²) in [4.78, 5) is 28.8. The highest BCUT2D eigenvalue weighted by Crippen LogP contribution is 2.39. The minimum absolute atomic E-state index is 0.0489. The molecule has 1 aromatic carbocycles. The van der Waals surface area contributed by atoms with E-state index in [4.69, 9.17) is 9.15 Å². The fraction of sp³-hybridized carbons (Fsp3) is 0.455. The number of benzene rings is 1. The van der Waals surface area contributed by atoms with Crippen LogP contribution in [0, 0.1) is 11.2 Å². The molecule has 29 heavy (non-hydrogen) atoms. The molecular formula is C22H25FN2O4. The van der Waals surface area contributed by atoms with Gasteiger partial charge in [-0.05, 0) is 56.1 Å². The van der Waals surface area contributed by atoms with E-state index in [0.717, 1.165) is 32.4 Å². The Morgan fingerprint density at radius 2 is 2.07 bits per heavy atom. The van der Waals surface area contributed by atoms with Crippen LogP contribution in [-0.2, 0) is 11.3 Å². The molecule has 2 fully saturated rings. The molecule has 2 aliphatic rings. The maximum atomic E-state index is 14.2. The number of rotatable bonds is 5. The van der Waals surface area contributed by atoms with Crippen LogP contribution in [0.4, 0.5) is 4.39 Å². The maximum absolute atomic E-state index is 14.2. The first kappa shape index (κ1) is 19.6. The van der Waals surface area contributed by atoms with Crippen molar-refractivity contribution in [1.29, 1.82) is 0 Å². The van der Waals surface area contributed by atoms with Crippen molar-refractivity contribution in [2.45, 2.75) is 25.8 Å². The molecule has 1 aromatic heterocycles. The van der Waals surface area contributed by atoms with Crippen molar-refractivity contribution in [3.8, 4) is 5.75 Å². The van der Waals surface area contributed by atoms with Gasteiger partial charge in [0, 0.05) is 37.2 Å². The number of ketones is 1. The molecule has 154 valence electrons. The number of furan rings is 1. The number of methoxy groups -OCH3 is 1. The van der Waals surface area contributed by atoms with E-state index in [0.29, 0.717) is 30.9 Å². The summed E-state index contributed by atoms with van der Waals surface area (Å²) in [5.41, 5.74) is 0.563. The average Bonchev–Trinajstić information content (AvgIpc) is 3.39. The van der Waals surface area contributed by atoms with Gasteiger partial charge in [-0.15, -0.1) is 0 Å². The van der Waals surface area contributed by atoms with Crippen LogP contribution in [0.25, 0.3) is 0 Å². The number of hydrogen-bond donors (Lipinski definition) is 0. The first-order chi connectivity index (χ1) is 14.0. The number of carbonyl (C=O) groups excluding carboxylic acids is 2. The van der Waals surface area contributed by atoms with E-state index in [1.54, 1.807) is 30.2 Å². The monoisotopic (exact) mass is 400 g/mol. The number of hydrogen-bond acceptors (Lipinski definition) is 5. The van der Waals surface area contributed by atoms with Crippen LogP contribution < -0.4 is 4.74 Å². The Morgan fingerprint density at radius 3 is 2.83 bits per heavy atom. The summed E-state index contributed by atoms with van der Waals surface area (Å²) in [6, 6.07) is 7.90. The van der Waals surface area contributed by atoms with Crippen LogP contribution in [0.2, 0.25) is 0 Å². The van der Waals surface area contributed by atoms with Crippen molar-refractivity contribution < 1.29 is 23.1 Å². The van der Waals surface area contributed by atoms with Crippen LogP contribution in [0.15, 0.2) is 41.0 Å². The summed E-state index contributed by atoms with van der Waals surface area (Å²) in [5, 5.41) is 0. The van der Waals surface area contributed by atoms with Gasteiger partial charge in [-0.3, -0.25) is 14.5 Å². The van der Waals surface area contributed by atoms with Crippen molar-refractivity contribution in [2.75, 3.05) is 33.3 Å². The first-order valence-corrected chi connectivity index (χ1v) is 9.92. The summed E-state index contributed by atoms with van der Waals surface area (Å²) in [6.07, 6.45) is 4.23. The fourth-order valence-electron chi connectivity index (χ4n) is 4.58. The summed E-state index contributed by atoms with van der Waals surface area (Å²) in [7, 11) is 1.57. The number of ether oxygens (including phenoxy) is 1. The number of carbonyl (C=O) groups is 2. The summed E-state index contributed by atoms with van der Waals surface area (Å²) in [6.45, 7) is 3.28. The minimum Gasteiger partial charge on any atom is -0.497 e. The molecule has 0 aliphatic carbocycles. The number of amides is 1. The van der Waals surface area contributed by atoms with Gasteiger partial charge in [0.05, 0.1) is 13.4 Å². The van der Waals surface area contributed by atoms with Gasteiger partial charge < -0.3 is 14.1 Å². The summed E-state index contributed by atoms with van der Waals surface area (Å²) < 4.78 is 24.5. The van der Waals surface area contributed by atoms with E-state index in [9.17, 15) is 14.0 Å². The molecule has 1 atom stereocenters. The van der Waals surface area contributed by atoms with Crippen molar-refractivity contribution in [3.05, 3.63) is 53.7 Å². The highest BCUT2D eigenvalue weighted by Gasteiger charge is 2.44. The lowest BCUT2D eigenvalue weighted by molar-refractivity contribution is -0.126. The zero-order valence-corrected chi connectivity index (χ0v) is 16.5. The molecule has 1 unspecified atom stereocenters. The van der Waals surface area contributed by atoms with E-state index < -0.39 is 11.7 Å². The van der Waals surface area contributed by atoms with Gasteiger partial charge in [-0.1, -0.05) is 0 Å². The van der Waals surface area contributed by atoms with Crippen molar-refractivity contribution >= 4 is 11.7 Å². The molecule has 6 nitrogen and oxygen atoms in total. The Labute approximate surface area is 169 Å². The fourth-order valence-corrected chi connectivity index (χ4v) is 4.58. The van der Waals surface area contributed by atoms with Gasteiger partial charge in [0.1, 0.15) is 11.6 Å². The highest BCUT2D eigenvalue weighted by molar-refractivity contribution is 6.41. The normalized spacial score (nSPS) is 22.2. The Balaban J connectivity index is 1.42. The van der Waals surface area contributed by atoms with Gasteiger partial charge in [-0.2, -0.15) is 0 Å². The molecule has 1 spiro atoms. The van der Waals surface area contributed by atoms with Crippen molar-refractivity contribution in [3.63, 3.8) is 0 Å². The lowest BCUT2D eigenvalue weighted by Gasteiger charge is -2.40. The van der Waals surface area contributed by atoms with E-state index in [1.807, 2.05) is 0 Å². The predicted molar refractivity (Wildman–Crippen MR) is 104 cm³/mol. The minimum atomic E-state index is -0.599. The zero-order valence-electron chi connectivity index (χ0n) is 16.5. The summed E-state index contributed by atoms with van der Waals surface area (Å²) in [5.74, 6) is -0.624. The quantitative estimate of drug-likeness (QED) is 0.570. The second-order valence-electron chi connectivity index (χ2n) is 8.05. The van der Waals surface area contributed by atoms with Gasteiger partial charge in [0.15, 0.2) is 5.76 Å². The first-order valence-electron chi connectivity index (χ1n) is 9.92. The molecule has 0 saturated carbocycles. The molecule has 1 amide bonds. The Morgan fingerprint density at radius 1 is 1.21 bits per heavy atom. The van der Waals surface area contributed by atoms with Crippen molar-refractivity contribution in [1.82, 2.24) is 9.80 Å². The topological polar surface area (TPSA) is 63.0 Å². The molecule has 7 heteroatoms. The van der Waals surface area contributed by atoms with Crippen LogP contribution in [0.3, 0.4) is 0 Å². The van der Waals surface area contributed by atoms with E-state index >= 15 is 0 Å².